The molecule has 0 aliphatic heterocycles. The standard InChI is InChI=1S/C26H38N2O2/c1-17-7-3-5-9-23(17)27-15-19-11-12-20-21(26(19)30)13-14-25(29)22(20)16-28-24-10-6-4-8-18(24)2/h11-14,17-18,23-24,27-30H,3-10,15-16H2,1-2H3. The van der Waals surface area contributed by atoms with Crippen LogP contribution >= 0.6 is 0 Å². The normalized spacial score (nSPS) is 27.4. The number of benzene rings is 2. The minimum Gasteiger partial charge on any atom is -0.508 e. The van der Waals surface area contributed by atoms with E-state index in [1.54, 1.807) is 6.07 Å². The number of hydrogen-bond acceptors (Lipinski definition) is 4. The lowest BCUT2D eigenvalue weighted by Crippen LogP contribution is -2.36. The van der Waals surface area contributed by atoms with Crippen LogP contribution in [0.5, 0.6) is 11.5 Å². The summed E-state index contributed by atoms with van der Waals surface area (Å²) in [6.45, 7) is 5.96. The molecule has 2 aromatic rings. The van der Waals surface area contributed by atoms with Crippen LogP contribution in [0.2, 0.25) is 0 Å². The van der Waals surface area contributed by atoms with Crippen molar-refractivity contribution in [3.8, 4) is 11.5 Å². The summed E-state index contributed by atoms with van der Waals surface area (Å²) in [5.74, 6) is 2.01. The molecule has 4 heteroatoms. The van der Waals surface area contributed by atoms with Gasteiger partial charge in [0.05, 0.1) is 0 Å². The Bertz CT molecular complexity index is 866. The van der Waals surface area contributed by atoms with Gasteiger partial charge in [-0.2, -0.15) is 0 Å². The summed E-state index contributed by atoms with van der Waals surface area (Å²) in [6, 6.07) is 8.69. The Morgan fingerprint density at radius 3 is 1.93 bits per heavy atom. The smallest absolute Gasteiger partial charge is 0.127 e. The number of phenols is 2. The van der Waals surface area contributed by atoms with E-state index >= 15 is 0 Å². The van der Waals surface area contributed by atoms with Crippen molar-refractivity contribution in [3.63, 3.8) is 0 Å². The van der Waals surface area contributed by atoms with Gasteiger partial charge in [-0.3, -0.25) is 0 Å². The first-order valence-corrected chi connectivity index (χ1v) is 12.0. The highest BCUT2D eigenvalue weighted by molar-refractivity contribution is 5.93. The summed E-state index contributed by atoms with van der Waals surface area (Å²) in [4.78, 5) is 0. The molecule has 4 nitrogen and oxygen atoms in total. The molecule has 2 aromatic carbocycles. The Hall–Kier alpha value is -1.78. The van der Waals surface area contributed by atoms with E-state index in [-0.39, 0.29) is 0 Å². The van der Waals surface area contributed by atoms with Crippen LogP contribution in [0.4, 0.5) is 0 Å². The topological polar surface area (TPSA) is 64.5 Å². The number of phenolic OH excluding ortho intramolecular Hbond substituents is 2. The van der Waals surface area contributed by atoms with Crippen LogP contribution in [0.3, 0.4) is 0 Å². The van der Waals surface area contributed by atoms with Gasteiger partial charge in [0.2, 0.25) is 0 Å². The molecule has 2 aliphatic carbocycles. The van der Waals surface area contributed by atoms with Crippen LogP contribution in [-0.2, 0) is 13.1 Å². The second-order valence-electron chi connectivity index (χ2n) is 9.73. The average molecular weight is 411 g/mol. The second-order valence-corrected chi connectivity index (χ2v) is 9.73. The molecule has 4 atom stereocenters. The van der Waals surface area contributed by atoms with E-state index in [1.807, 2.05) is 12.1 Å². The molecule has 30 heavy (non-hydrogen) atoms. The van der Waals surface area contributed by atoms with Crippen molar-refractivity contribution in [2.24, 2.45) is 11.8 Å². The minimum atomic E-state index is 0.305. The number of nitrogens with one attached hydrogen (secondary N) is 2. The second kappa shape index (κ2) is 9.57. The van der Waals surface area contributed by atoms with Crippen molar-refractivity contribution in [2.75, 3.05) is 0 Å². The average Bonchev–Trinajstić information content (AvgIpc) is 2.75. The first-order chi connectivity index (χ1) is 14.5. The monoisotopic (exact) mass is 410 g/mol. The minimum absolute atomic E-state index is 0.305. The summed E-state index contributed by atoms with van der Waals surface area (Å²) < 4.78 is 0. The molecule has 0 saturated heterocycles. The lowest BCUT2D eigenvalue weighted by molar-refractivity contribution is 0.278. The fourth-order valence-electron chi connectivity index (χ4n) is 5.53. The summed E-state index contributed by atoms with van der Waals surface area (Å²) in [5.41, 5.74) is 1.83. The Balaban J connectivity index is 1.51. The Morgan fingerprint density at radius 1 is 0.733 bits per heavy atom. The molecule has 0 spiro atoms. The third-order valence-electron chi connectivity index (χ3n) is 7.66. The van der Waals surface area contributed by atoms with Gasteiger partial charge in [0, 0.05) is 41.7 Å². The van der Waals surface area contributed by atoms with Crippen LogP contribution in [0.25, 0.3) is 10.8 Å². The van der Waals surface area contributed by atoms with Crippen LogP contribution in [0.1, 0.15) is 76.3 Å². The van der Waals surface area contributed by atoms with E-state index in [0.29, 0.717) is 48.5 Å². The lowest BCUT2D eigenvalue weighted by atomic mass is 9.85. The molecule has 0 aromatic heterocycles. The van der Waals surface area contributed by atoms with E-state index in [4.69, 9.17) is 0 Å². The SMILES string of the molecule is CC1CCCCC1NCc1ccc2c(CNC3CCCCC3C)c(O)ccc2c1O. The summed E-state index contributed by atoms with van der Waals surface area (Å²) in [5, 5.41) is 30.6. The molecule has 2 saturated carbocycles. The largest absolute Gasteiger partial charge is 0.508 e. The van der Waals surface area contributed by atoms with Crippen molar-refractivity contribution >= 4 is 10.8 Å². The van der Waals surface area contributed by atoms with Crippen molar-refractivity contribution < 1.29 is 10.2 Å². The molecular weight excluding hydrogens is 372 g/mol. The highest BCUT2D eigenvalue weighted by Gasteiger charge is 2.23. The van der Waals surface area contributed by atoms with Gasteiger partial charge in [-0.05, 0) is 55.0 Å². The van der Waals surface area contributed by atoms with Crippen LogP contribution < -0.4 is 10.6 Å². The van der Waals surface area contributed by atoms with E-state index in [1.165, 1.54) is 51.4 Å². The van der Waals surface area contributed by atoms with E-state index in [2.05, 4.69) is 30.5 Å². The first kappa shape index (κ1) is 21.5. The quantitative estimate of drug-likeness (QED) is 0.501. The Labute approximate surface area is 181 Å². The van der Waals surface area contributed by atoms with Gasteiger partial charge >= 0.3 is 0 Å². The van der Waals surface area contributed by atoms with Gasteiger partial charge in [-0.1, -0.05) is 51.7 Å². The van der Waals surface area contributed by atoms with Crippen LogP contribution in [0.15, 0.2) is 24.3 Å². The van der Waals surface area contributed by atoms with Crippen molar-refractivity contribution in [1.29, 1.82) is 0 Å². The molecule has 2 aliphatic rings. The molecule has 0 bridgehead atoms. The molecule has 4 unspecified atom stereocenters. The maximum absolute atomic E-state index is 11.0. The Kier molecular flexibility index (Phi) is 6.84. The van der Waals surface area contributed by atoms with Gasteiger partial charge in [-0.15, -0.1) is 0 Å². The highest BCUT2D eigenvalue weighted by atomic mass is 16.3. The fraction of sp³-hybridized carbons (Fsp3) is 0.615. The zero-order chi connectivity index (χ0) is 21.1. The predicted octanol–water partition coefficient (Wildman–Crippen LogP) is 5.59. The molecule has 0 radical (unpaired) electrons. The zero-order valence-electron chi connectivity index (χ0n) is 18.6. The first-order valence-electron chi connectivity index (χ1n) is 12.0. The number of rotatable bonds is 6. The molecular formula is C26H38N2O2. The number of aromatic hydroxyl groups is 2. The molecule has 164 valence electrons. The van der Waals surface area contributed by atoms with Crippen molar-refractivity contribution in [3.05, 3.63) is 35.4 Å². The maximum Gasteiger partial charge on any atom is 0.127 e. The summed E-state index contributed by atoms with van der Waals surface area (Å²) in [7, 11) is 0. The van der Waals surface area contributed by atoms with Gasteiger partial charge in [0.1, 0.15) is 11.5 Å². The molecule has 4 rings (SSSR count). The number of fused-ring (bicyclic) bond motifs is 1. The Morgan fingerprint density at radius 2 is 1.30 bits per heavy atom. The fourth-order valence-corrected chi connectivity index (χ4v) is 5.53. The summed E-state index contributed by atoms with van der Waals surface area (Å²) >= 11 is 0. The maximum atomic E-state index is 11.0. The molecule has 2 fully saturated rings. The van der Waals surface area contributed by atoms with Crippen LogP contribution in [0, 0.1) is 11.8 Å². The summed E-state index contributed by atoms with van der Waals surface area (Å²) in [6.07, 6.45) is 10.2. The van der Waals surface area contributed by atoms with Gasteiger partial charge in [-0.25, -0.2) is 0 Å². The van der Waals surface area contributed by atoms with E-state index < -0.39 is 0 Å². The van der Waals surface area contributed by atoms with Gasteiger partial charge in [0.25, 0.3) is 0 Å². The van der Waals surface area contributed by atoms with Gasteiger partial charge in [0.15, 0.2) is 0 Å². The van der Waals surface area contributed by atoms with Crippen molar-refractivity contribution in [1.82, 2.24) is 10.6 Å². The highest BCUT2D eigenvalue weighted by Crippen LogP contribution is 2.35. The van der Waals surface area contributed by atoms with Crippen molar-refractivity contribution in [2.45, 2.75) is 90.4 Å². The zero-order valence-corrected chi connectivity index (χ0v) is 18.6. The lowest BCUT2D eigenvalue weighted by Gasteiger charge is -2.30. The van der Waals surface area contributed by atoms with Crippen LogP contribution in [-0.4, -0.2) is 22.3 Å². The van der Waals surface area contributed by atoms with E-state index in [0.717, 1.165) is 21.9 Å². The third-order valence-corrected chi connectivity index (χ3v) is 7.66. The molecule has 0 heterocycles. The van der Waals surface area contributed by atoms with Gasteiger partial charge < -0.3 is 20.8 Å². The predicted molar refractivity (Wildman–Crippen MR) is 124 cm³/mol. The molecule has 4 N–H and O–H groups in total. The number of hydrogen-bond donors (Lipinski definition) is 4. The van der Waals surface area contributed by atoms with E-state index in [9.17, 15) is 10.2 Å². The third kappa shape index (κ3) is 4.60. The molecule has 0 amide bonds.